The first-order chi connectivity index (χ1) is 8.92. The Morgan fingerprint density at radius 1 is 1.47 bits per heavy atom. The van der Waals surface area contributed by atoms with Gasteiger partial charge < -0.3 is 0 Å². The maximum atomic E-state index is 12.3. The van der Waals surface area contributed by atoms with E-state index in [-0.39, 0.29) is 14.7 Å². The second kappa shape index (κ2) is 6.30. The van der Waals surface area contributed by atoms with E-state index in [4.69, 9.17) is 11.6 Å². The van der Waals surface area contributed by atoms with Gasteiger partial charge in [-0.3, -0.25) is 0 Å². The number of sulfonamides is 1. The van der Waals surface area contributed by atoms with Gasteiger partial charge in [-0.25, -0.2) is 18.1 Å². The number of nitrogens with one attached hydrogen (secondary N) is 1. The molecule has 8 heteroatoms. The maximum absolute atomic E-state index is 12.3. The van der Waals surface area contributed by atoms with Crippen LogP contribution in [0.5, 0.6) is 0 Å². The fourth-order valence-electron chi connectivity index (χ4n) is 2.34. The van der Waals surface area contributed by atoms with Crippen LogP contribution in [0.3, 0.4) is 0 Å². The topological polar surface area (TPSA) is 59.1 Å². The molecule has 1 fully saturated rings. The average Bonchev–Trinajstić information content (AvgIpc) is 2.69. The molecule has 1 N–H and O–H groups in total. The standard InChI is InChI=1S/C11H17ClN2O2S3/c1-7-10(18-11(12)13-7)19(15,16)14-8-4-3-5-9(6-8)17-2/h8-9,14H,3-6H2,1-2H3. The second-order valence-electron chi connectivity index (χ2n) is 4.68. The van der Waals surface area contributed by atoms with E-state index < -0.39 is 10.0 Å². The van der Waals surface area contributed by atoms with Crippen molar-refractivity contribution in [2.24, 2.45) is 0 Å². The Morgan fingerprint density at radius 2 is 2.21 bits per heavy atom. The Kier molecular flexibility index (Phi) is 5.16. The monoisotopic (exact) mass is 340 g/mol. The molecular formula is C11H17ClN2O2S3. The molecule has 0 aromatic carbocycles. The van der Waals surface area contributed by atoms with E-state index in [1.165, 1.54) is 6.42 Å². The average molecular weight is 341 g/mol. The van der Waals surface area contributed by atoms with Crippen LogP contribution >= 0.6 is 34.7 Å². The molecule has 2 unspecified atom stereocenters. The highest BCUT2D eigenvalue weighted by Gasteiger charge is 2.28. The Balaban J connectivity index is 2.11. The lowest BCUT2D eigenvalue weighted by molar-refractivity contribution is 0.421. The summed E-state index contributed by atoms with van der Waals surface area (Å²) in [6, 6.07) is 0.0245. The van der Waals surface area contributed by atoms with Crippen molar-refractivity contribution in [3.05, 3.63) is 10.2 Å². The molecule has 1 heterocycles. The number of hydrogen-bond acceptors (Lipinski definition) is 5. The van der Waals surface area contributed by atoms with Gasteiger partial charge in [0.25, 0.3) is 10.0 Å². The second-order valence-corrected chi connectivity index (χ2v) is 9.31. The zero-order chi connectivity index (χ0) is 14.0. The lowest BCUT2D eigenvalue weighted by Gasteiger charge is -2.28. The smallest absolute Gasteiger partial charge is 0.229 e. The Hall–Kier alpha value is 0.180. The van der Waals surface area contributed by atoms with Gasteiger partial charge in [-0.15, -0.1) is 0 Å². The van der Waals surface area contributed by atoms with E-state index in [1.54, 1.807) is 6.92 Å². The molecule has 108 valence electrons. The number of hydrogen-bond donors (Lipinski definition) is 1. The molecule has 0 radical (unpaired) electrons. The zero-order valence-electron chi connectivity index (χ0n) is 10.8. The van der Waals surface area contributed by atoms with E-state index in [0.717, 1.165) is 30.6 Å². The lowest BCUT2D eigenvalue weighted by atomic mass is 9.96. The van der Waals surface area contributed by atoms with Crippen LogP contribution in [0.4, 0.5) is 0 Å². The van der Waals surface area contributed by atoms with Gasteiger partial charge in [0.2, 0.25) is 0 Å². The molecule has 2 rings (SSSR count). The molecule has 1 aromatic rings. The number of aromatic nitrogens is 1. The molecule has 1 aliphatic rings. The lowest BCUT2D eigenvalue weighted by Crippen LogP contribution is -2.39. The van der Waals surface area contributed by atoms with Gasteiger partial charge in [-0.2, -0.15) is 11.8 Å². The number of halogens is 1. The highest BCUT2D eigenvalue weighted by Crippen LogP contribution is 2.30. The van der Waals surface area contributed by atoms with Crippen LogP contribution in [0.15, 0.2) is 4.21 Å². The van der Waals surface area contributed by atoms with Gasteiger partial charge in [-0.1, -0.05) is 29.4 Å². The Bertz CT molecular complexity index is 544. The van der Waals surface area contributed by atoms with E-state index in [9.17, 15) is 8.42 Å². The molecule has 1 aliphatic carbocycles. The van der Waals surface area contributed by atoms with Crippen LogP contribution in [-0.2, 0) is 10.0 Å². The van der Waals surface area contributed by atoms with Gasteiger partial charge in [0.1, 0.15) is 0 Å². The number of thiazole rings is 1. The normalized spacial score (nSPS) is 24.6. The Labute approximate surface area is 127 Å². The number of rotatable bonds is 4. The number of aryl methyl sites for hydroxylation is 1. The minimum absolute atomic E-state index is 0.0245. The summed E-state index contributed by atoms with van der Waals surface area (Å²) in [7, 11) is -3.49. The van der Waals surface area contributed by atoms with E-state index in [1.807, 2.05) is 11.8 Å². The highest BCUT2D eigenvalue weighted by atomic mass is 35.5. The van der Waals surface area contributed by atoms with Crippen LogP contribution in [0.25, 0.3) is 0 Å². The summed E-state index contributed by atoms with van der Waals surface area (Å²) in [5.74, 6) is 0. The molecular weight excluding hydrogens is 324 g/mol. The summed E-state index contributed by atoms with van der Waals surface area (Å²) in [5, 5.41) is 0.549. The number of nitrogens with zero attached hydrogens (tertiary/aromatic N) is 1. The molecule has 0 spiro atoms. The van der Waals surface area contributed by atoms with E-state index in [2.05, 4.69) is 16.0 Å². The predicted octanol–water partition coefficient (Wildman–Crippen LogP) is 3.06. The van der Waals surface area contributed by atoms with Crippen molar-refractivity contribution >= 4 is 44.7 Å². The molecule has 2 atom stereocenters. The first-order valence-electron chi connectivity index (χ1n) is 6.10. The third kappa shape index (κ3) is 3.85. The van der Waals surface area contributed by atoms with Gasteiger partial charge in [0.15, 0.2) is 8.68 Å². The van der Waals surface area contributed by atoms with E-state index >= 15 is 0 Å². The molecule has 1 aromatic heterocycles. The van der Waals surface area contributed by atoms with Crippen molar-refractivity contribution in [3.63, 3.8) is 0 Å². The van der Waals surface area contributed by atoms with Crippen LogP contribution in [0, 0.1) is 6.92 Å². The third-order valence-electron chi connectivity index (χ3n) is 3.25. The van der Waals surface area contributed by atoms with Gasteiger partial charge >= 0.3 is 0 Å². The van der Waals surface area contributed by atoms with Crippen molar-refractivity contribution in [1.82, 2.24) is 9.71 Å². The predicted molar refractivity (Wildman–Crippen MR) is 81.7 cm³/mol. The summed E-state index contributed by atoms with van der Waals surface area (Å²) in [4.78, 5) is 3.96. The minimum atomic E-state index is -3.49. The molecule has 1 saturated carbocycles. The van der Waals surface area contributed by atoms with Crippen molar-refractivity contribution < 1.29 is 8.42 Å². The fourth-order valence-corrected chi connectivity index (χ4v) is 6.20. The van der Waals surface area contributed by atoms with Crippen LogP contribution in [0.1, 0.15) is 31.4 Å². The van der Waals surface area contributed by atoms with Crippen molar-refractivity contribution in [2.45, 2.75) is 48.1 Å². The van der Waals surface area contributed by atoms with Crippen molar-refractivity contribution in [3.8, 4) is 0 Å². The summed E-state index contributed by atoms with van der Waals surface area (Å²) in [5.41, 5.74) is 0.472. The van der Waals surface area contributed by atoms with E-state index in [0.29, 0.717) is 10.9 Å². The first-order valence-corrected chi connectivity index (χ1v) is 10.1. The first kappa shape index (κ1) is 15.6. The highest BCUT2D eigenvalue weighted by molar-refractivity contribution is 7.99. The van der Waals surface area contributed by atoms with Gasteiger partial charge in [-0.05, 0) is 32.4 Å². The maximum Gasteiger partial charge on any atom is 0.252 e. The number of thioether (sulfide) groups is 1. The van der Waals surface area contributed by atoms with Crippen LogP contribution in [-0.4, -0.2) is 30.9 Å². The zero-order valence-corrected chi connectivity index (χ0v) is 14.1. The SMILES string of the molecule is CSC1CCCC(NS(=O)(=O)c2sc(Cl)nc2C)C1. The quantitative estimate of drug-likeness (QED) is 0.915. The van der Waals surface area contributed by atoms with Gasteiger partial charge in [0.05, 0.1) is 5.69 Å². The molecule has 0 bridgehead atoms. The van der Waals surface area contributed by atoms with Crippen molar-refractivity contribution in [2.75, 3.05) is 6.26 Å². The third-order valence-corrected chi connectivity index (χ3v) is 7.74. The van der Waals surface area contributed by atoms with Crippen molar-refractivity contribution in [1.29, 1.82) is 0 Å². The van der Waals surface area contributed by atoms with Crippen LogP contribution < -0.4 is 4.72 Å². The summed E-state index contributed by atoms with van der Waals surface area (Å²) in [6.07, 6.45) is 6.12. The van der Waals surface area contributed by atoms with Crippen LogP contribution in [0.2, 0.25) is 4.47 Å². The summed E-state index contributed by atoms with van der Waals surface area (Å²) < 4.78 is 28.0. The summed E-state index contributed by atoms with van der Waals surface area (Å²) >= 11 is 8.60. The fraction of sp³-hybridized carbons (Fsp3) is 0.727. The summed E-state index contributed by atoms with van der Waals surface area (Å²) in [6.45, 7) is 1.67. The molecule has 0 amide bonds. The molecule has 4 nitrogen and oxygen atoms in total. The minimum Gasteiger partial charge on any atom is -0.229 e. The molecule has 19 heavy (non-hydrogen) atoms. The molecule has 0 saturated heterocycles. The molecule has 0 aliphatic heterocycles. The van der Waals surface area contributed by atoms with Gasteiger partial charge in [0, 0.05) is 11.3 Å². The largest absolute Gasteiger partial charge is 0.252 e. The Morgan fingerprint density at radius 3 is 2.79 bits per heavy atom.